The van der Waals surface area contributed by atoms with Crippen LogP contribution in [-0.2, 0) is 0 Å². The molecule has 0 aliphatic heterocycles. The van der Waals surface area contributed by atoms with Crippen molar-refractivity contribution in [1.29, 1.82) is 0 Å². The monoisotopic (exact) mass is 237 g/mol. The smallest absolute Gasteiger partial charge is 0.0184 e. The molecule has 0 aromatic heterocycles. The summed E-state index contributed by atoms with van der Waals surface area (Å²) >= 11 is 0. The maximum atomic E-state index is 4.11. The Morgan fingerprint density at radius 2 is 1.59 bits per heavy atom. The van der Waals surface area contributed by atoms with Gasteiger partial charge in [0.05, 0.1) is 0 Å². The maximum absolute atomic E-state index is 4.11. The van der Waals surface area contributed by atoms with Crippen LogP contribution >= 0.6 is 0 Å². The lowest BCUT2D eigenvalue weighted by molar-refractivity contribution is 0.171. The summed E-state index contributed by atoms with van der Waals surface area (Å²) in [4.78, 5) is 0. The van der Waals surface area contributed by atoms with E-state index in [0.29, 0.717) is 5.54 Å². The first-order valence-corrected chi connectivity index (χ1v) is 8.12. The fourth-order valence-corrected chi connectivity index (χ4v) is 3.89. The van der Waals surface area contributed by atoms with E-state index in [1.165, 1.54) is 83.5 Å². The first-order chi connectivity index (χ1) is 8.35. The Labute approximate surface area is 108 Å². The zero-order valence-electron chi connectivity index (χ0n) is 11.8. The van der Waals surface area contributed by atoms with E-state index in [1.54, 1.807) is 0 Å². The van der Waals surface area contributed by atoms with Crippen molar-refractivity contribution in [3.8, 4) is 0 Å². The lowest BCUT2D eigenvalue weighted by atomic mass is 9.77. The Hall–Kier alpha value is -0.0400. The average Bonchev–Trinajstić information content (AvgIpc) is 2.39. The molecule has 1 heteroatoms. The van der Waals surface area contributed by atoms with Gasteiger partial charge < -0.3 is 5.32 Å². The van der Waals surface area contributed by atoms with E-state index in [1.807, 2.05) is 0 Å². The van der Waals surface area contributed by atoms with Gasteiger partial charge in [-0.05, 0) is 32.1 Å². The lowest BCUT2D eigenvalue weighted by Crippen LogP contribution is -2.52. The number of hydrogen-bond donors (Lipinski definition) is 1. The molecule has 2 aliphatic carbocycles. The van der Waals surface area contributed by atoms with E-state index >= 15 is 0 Å². The molecule has 0 atom stereocenters. The molecule has 2 fully saturated rings. The van der Waals surface area contributed by atoms with E-state index in [0.717, 1.165) is 6.04 Å². The zero-order valence-corrected chi connectivity index (χ0v) is 11.8. The molecule has 0 amide bonds. The molecule has 0 aromatic rings. The van der Waals surface area contributed by atoms with Crippen LogP contribution < -0.4 is 5.32 Å². The summed E-state index contributed by atoms with van der Waals surface area (Å²) in [6, 6.07) is 0.846. The third kappa shape index (κ3) is 3.98. The summed E-state index contributed by atoms with van der Waals surface area (Å²) in [5, 5.41) is 4.11. The van der Waals surface area contributed by atoms with Crippen molar-refractivity contribution >= 4 is 0 Å². The SMILES string of the molecule is CCCCC1(NC2CCCCC2)CCCCC1. The molecule has 1 N–H and O–H groups in total. The summed E-state index contributed by atoms with van der Waals surface area (Å²) in [7, 11) is 0. The first-order valence-electron chi connectivity index (χ1n) is 8.12. The van der Waals surface area contributed by atoms with E-state index in [2.05, 4.69) is 12.2 Å². The van der Waals surface area contributed by atoms with Crippen molar-refractivity contribution in [2.75, 3.05) is 0 Å². The molecule has 2 saturated carbocycles. The molecule has 0 aromatic carbocycles. The largest absolute Gasteiger partial charge is 0.308 e. The fraction of sp³-hybridized carbons (Fsp3) is 1.00. The molecule has 0 saturated heterocycles. The van der Waals surface area contributed by atoms with Gasteiger partial charge in [-0.2, -0.15) is 0 Å². The second-order valence-corrected chi connectivity index (χ2v) is 6.42. The number of nitrogens with one attached hydrogen (secondary N) is 1. The summed E-state index contributed by atoms with van der Waals surface area (Å²) < 4.78 is 0. The quantitative estimate of drug-likeness (QED) is 0.724. The molecule has 2 rings (SSSR count). The topological polar surface area (TPSA) is 12.0 Å². The van der Waals surface area contributed by atoms with Crippen LogP contribution in [0.2, 0.25) is 0 Å². The highest BCUT2D eigenvalue weighted by molar-refractivity contribution is 4.93. The summed E-state index contributed by atoms with van der Waals surface area (Å²) in [6.07, 6.45) is 18.8. The first kappa shape index (κ1) is 13.4. The zero-order chi connectivity index (χ0) is 12.0. The van der Waals surface area contributed by atoms with Gasteiger partial charge in [0.1, 0.15) is 0 Å². The van der Waals surface area contributed by atoms with Crippen LogP contribution in [0.25, 0.3) is 0 Å². The van der Waals surface area contributed by atoms with Gasteiger partial charge in [0, 0.05) is 11.6 Å². The van der Waals surface area contributed by atoms with Crippen molar-refractivity contribution in [2.24, 2.45) is 0 Å². The predicted molar refractivity (Wildman–Crippen MR) is 75.3 cm³/mol. The third-order valence-electron chi connectivity index (χ3n) is 4.94. The van der Waals surface area contributed by atoms with E-state index in [9.17, 15) is 0 Å². The second kappa shape index (κ2) is 6.78. The van der Waals surface area contributed by atoms with Gasteiger partial charge >= 0.3 is 0 Å². The Balaban J connectivity index is 1.88. The van der Waals surface area contributed by atoms with Crippen LogP contribution in [-0.4, -0.2) is 11.6 Å². The van der Waals surface area contributed by atoms with Crippen molar-refractivity contribution in [2.45, 2.75) is 102 Å². The van der Waals surface area contributed by atoms with Gasteiger partial charge in [0.15, 0.2) is 0 Å². The highest BCUT2D eigenvalue weighted by Gasteiger charge is 2.33. The number of hydrogen-bond acceptors (Lipinski definition) is 1. The molecular formula is C16H31N. The van der Waals surface area contributed by atoms with E-state index < -0.39 is 0 Å². The van der Waals surface area contributed by atoms with Gasteiger partial charge in [0.25, 0.3) is 0 Å². The number of unbranched alkanes of at least 4 members (excludes halogenated alkanes) is 1. The molecule has 17 heavy (non-hydrogen) atoms. The molecule has 0 radical (unpaired) electrons. The lowest BCUT2D eigenvalue weighted by Gasteiger charge is -2.42. The maximum Gasteiger partial charge on any atom is 0.0184 e. The molecular weight excluding hydrogens is 206 g/mol. The Morgan fingerprint density at radius 1 is 0.941 bits per heavy atom. The highest BCUT2D eigenvalue weighted by Crippen LogP contribution is 2.34. The second-order valence-electron chi connectivity index (χ2n) is 6.42. The molecule has 0 spiro atoms. The van der Waals surface area contributed by atoms with Crippen LogP contribution in [0.4, 0.5) is 0 Å². The van der Waals surface area contributed by atoms with Crippen molar-refractivity contribution < 1.29 is 0 Å². The summed E-state index contributed by atoms with van der Waals surface area (Å²) in [5.41, 5.74) is 0.538. The van der Waals surface area contributed by atoms with Gasteiger partial charge in [-0.1, -0.05) is 58.3 Å². The standard InChI is InChI=1S/C16H31N/c1-2-3-12-16(13-8-5-9-14-16)17-15-10-6-4-7-11-15/h15,17H,2-14H2,1H3. The Bertz CT molecular complexity index is 200. The number of rotatable bonds is 5. The van der Waals surface area contributed by atoms with Crippen LogP contribution in [0.3, 0.4) is 0 Å². The summed E-state index contributed by atoms with van der Waals surface area (Å²) in [6.45, 7) is 2.33. The van der Waals surface area contributed by atoms with Crippen molar-refractivity contribution in [1.82, 2.24) is 5.32 Å². The van der Waals surface area contributed by atoms with E-state index in [-0.39, 0.29) is 0 Å². The Morgan fingerprint density at radius 3 is 2.24 bits per heavy atom. The van der Waals surface area contributed by atoms with Gasteiger partial charge in [0.2, 0.25) is 0 Å². The van der Waals surface area contributed by atoms with Gasteiger partial charge in [-0.15, -0.1) is 0 Å². The molecule has 0 unspecified atom stereocenters. The molecule has 2 aliphatic rings. The average molecular weight is 237 g/mol. The Kier molecular flexibility index (Phi) is 5.34. The minimum Gasteiger partial charge on any atom is -0.308 e. The predicted octanol–water partition coefficient (Wildman–Crippen LogP) is 4.80. The minimum atomic E-state index is 0.538. The van der Waals surface area contributed by atoms with Crippen LogP contribution in [0, 0.1) is 0 Å². The van der Waals surface area contributed by atoms with Crippen molar-refractivity contribution in [3.05, 3.63) is 0 Å². The summed E-state index contributed by atoms with van der Waals surface area (Å²) in [5.74, 6) is 0. The van der Waals surface area contributed by atoms with E-state index in [4.69, 9.17) is 0 Å². The third-order valence-corrected chi connectivity index (χ3v) is 4.94. The van der Waals surface area contributed by atoms with Gasteiger partial charge in [-0.25, -0.2) is 0 Å². The van der Waals surface area contributed by atoms with Crippen molar-refractivity contribution in [3.63, 3.8) is 0 Å². The van der Waals surface area contributed by atoms with Gasteiger partial charge in [-0.3, -0.25) is 0 Å². The highest BCUT2D eigenvalue weighted by atomic mass is 15.0. The molecule has 100 valence electrons. The van der Waals surface area contributed by atoms with Crippen LogP contribution in [0.1, 0.15) is 90.4 Å². The molecule has 0 heterocycles. The van der Waals surface area contributed by atoms with Crippen LogP contribution in [0.15, 0.2) is 0 Å². The minimum absolute atomic E-state index is 0.538. The fourth-order valence-electron chi connectivity index (χ4n) is 3.89. The molecule has 0 bridgehead atoms. The molecule has 1 nitrogen and oxygen atoms in total. The normalized spacial score (nSPS) is 25.9. The van der Waals surface area contributed by atoms with Crippen LogP contribution in [0.5, 0.6) is 0 Å².